The lowest BCUT2D eigenvalue weighted by Gasteiger charge is -2.25. The number of carbonyl (C=O) groups is 1. The van der Waals surface area contributed by atoms with Gasteiger partial charge in [-0.1, -0.05) is 6.92 Å². The van der Waals surface area contributed by atoms with Crippen LogP contribution < -0.4 is 10.6 Å². The molecule has 0 aromatic rings. The highest BCUT2D eigenvalue weighted by Gasteiger charge is 2.34. The van der Waals surface area contributed by atoms with Crippen molar-refractivity contribution in [2.75, 3.05) is 39.3 Å². The Balaban J connectivity index is 0.00000200. The molecule has 0 spiro atoms. The zero-order chi connectivity index (χ0) is 13.7. The van der Waals surface area contributed by atoms with Crippen molar-refractivity contribution in [2.45, 2.75) is 38.8 Å². The molecule has 2 heterocycles. The second-order valence-electron chi connectivity index (χ2n) is 5.49. The summed E-state index contributed by atoms with van der Waals surface area (Å²) in [5.41, 5.74) is 0. The number of amides is 1. The van der Waals surface area contributed by atoms with E-state index in [1.165, 1.54) is 0 Å². The molecule has 0 aromatic carbocycles. The van der Waals surface area contributed by atoms with Crippen LogP contribution in [0.4, 0.5) is 0 Å². The molecule has 0 bridgehead atoms. The Morgan fingerprint density at radius 2 is 1.90 bits per heavy atom. The number of halogens is 2. The van der Waals surface area contributed by atoms with Crippen LogP contribution >= 0.6 is 24.8 Å². The van der Waals surface area contributed by atoms with Gasteiger partial charge in [0, 0.05) is 25.6 Å². The Morgan fingerprint density at radius 3 is 2.48 bits per heavy atom. The van der Waals surface area contributed by atoms with Gasteiger partial charge in [0.1, 0.15) is 0 Å². The molecule has 1 amide bonds. The smallest absolute Gasteiger partial charge is 0.223 e. The number of ether oxygens (including phenoxy) is 1. The molecule has 2 atom stereocenters. The predicted molar refractivity (Wildman–Crippen MR) is 89.5 cm³/mol. The van der Waals surface area contributed by atoms with E-state index < -0.39 is 0 Å². The summed E-state index contributed by atoms with van der Waals surface area (Å²) in [7, 11) is 0. The molecule has 0 saturated carbocycles. The second-order valence-corrected chi connectivity index (χ2v) is 5.49. The van der Waals surface area contributed by atoms with E-state index in [0.717, 1.165) is 45.6 Å². The molecule has 0 aromatic heterocycles. The van der Waals surface area contributed by atoms with Gasteiger partial charge < -0.3 is 15.4 Å². The van der Waals surface area contributed by atoms with Crippen molar-refractivity contribution < 1.29 is 9.53 Å². The van der Waals surface area contributed by atoms with E-state index in [0.29, 0.717) is 6.61 Å². The SMILES string of the molecule is CCO[C@H]1CN(CC)C[C@@H]1NC(=O)C1CCNCC1.Cl.Cl. The highest BCUT2D eigenvalue weighted by atomic mass is 35.5. The molecular weight excluding hydrogens is 313 g/mol. The molecule has 2 saturated heterocycles. The number of rotatable bonds is 5. The molecule has 126 valence electrons. The van der Waals surface area contributed by atoms with Crippen LogP contribution in [0.1, 0.15) is 26.7 Å². The van der Waals surface area contributed by atoms with Gasteiger partial charge in [0.05, 0.1) is 12.1 Å². The van der Waals surface area contributed by atoms with Crippen molar-refractivity contribution in [3.05, 3.63) is 0 Å². The van der Waals surface area contributed by atoms with Crippen LogP contribution in [0.25, 0.3) is 0 Å². The Bertz CT molecular complexity index is 302. The van der Waals surface area contributed by atoms with Gasteiger partial charge in [-0.3, -0.25) is 9.69 Å². The highest BCUT2D eigenvalue weighted by molar-refractivity contribution is 5.85. The average molecular weight is 342 g/mol. The standard InChI is InChI=1S/C14H27N3O2.2ClH/c1-3-17-9-12(13(10-17)19-4-2)16-14(18)11-5-7-15-8-6-11;;/h11-13,15H,3-10H2,1-2H3,(H,16,18);2*1H/t12-,13-;;/m0../s1. The molecule has 0 aliphatic carbocycles. The summed E-state index contributed by atoms with van der Waals surface area (Å²) in [6, 6.07) is 0.155. The zero-order valence-electron chi connectivity index (χ0n) is 13.0. The largest absolute Gasteiger partial charge is 0.375 e. The number of likely N-dealkylation sites (N-methyl/N-ethyl adjacent to an activating group) is 1. The lowest BCUT2D eigenvalue weighted by Crippen LogP contribution is -2.48. The molecule has 2 fully saturated rings. The van der Waals surface area contributed by atoms with Crippen molar-refractivity contribution >= 4 is 30.7 Å². The Labute approximate surface area is 140 Å². The van der Waals surface area contributed by atoms with E-state index >= 15 is 0 Å². The summed E-state index contributed by atoms with van der Waals surface area (Å²) in [5, 5.41) is 6.51. The molecule has 5 nitrogen and oxygen atoms in total. The first kappa shape index (κ1) is 20.9. The number of hydrogen-bond acceptors (Lipinski definition) is 4. The second kappa shape index (κ2) is 10.6. The van der Waals surface area contributed by atoms with E-state index in [1.54, 1.807) is 0 Å². The lowest BCUT2D eigenvalue weighted by atomic mass is 9.97. The Morgan fingerprint density at radius 1 is 1.24 bits per heavy atom. The van der Waals surface area contributed by atoms with Crippen LogP contribution in [0.3, 0.4) is 0 Å². The first-order valence-corrected chi connectivity index (χ1v) is 7.59. The maximum atomic E-state index is 12.3. The fourth-order valence-corrected chi connectivity index (χ4v) is 3.02. The van der Waals surface area contributed by atoms with Crippen LogP contribution in [0.2, 0.25) is 0 Å². The fraction of sp³-hybridized carbons (Fsp3) is 0.929. The van der Waals surface area contributed by atoms with Crippen LogP contribution in [-0.2, 0) is 9.53 Å². The monoisotopic (exact) mass is 341 g/mol. The number of hydrogen-bond donors (Lipinski definition) is 2. The van der Waals surface area contributed by atoms with Gasteiger partial charge in [0.2, 0.25) is 5.91 Å². The summed E-state index contributed by atoms with van der Waals surface area (Å²) < 4.78 is 5.77. The van der Waals surface area contributed by atoms with Gasteiger partial charge >= 0.3 is 0 Å². The minimum Gasteiger partial charge on any atom is -0.375 e. The number of nitrogens with one attached hydrogen (secondary N) is 2. The van der Waals surface area contributed by atoms with Gasteiger partial charge in [0.25, 0.3) is 0 Å². The fourth-order valence-electron chi connectivity index (χ4n) is 3.02. The van der Waals surface area contributed by atoms with Crippen LogP contribution in [0.5, 0.6) is 0 Å². The van der Waals surface area contributed by atoms with Crippen LogP contribution in [0.15, 0.2) is 0 Å². The minimum atomic E-state index is 0. The number of likely N-dealkylation sites (tertiary alicyclic amines) is 1. The maximum absolute atomic E-state index is 12.3. The number of nitrogens with zero attached hydrogens (tertiary/aromatic N) is 1. The molecule has 2 rings (SSSR count). The summed E-state index contributed by atoms with van der Waals surface area (Å²) in [6.07, 6.45) is 2.06. The van der Waals surface area contributed by atoms with Crippen LogP contribution in [0, 0.1) is 5.92 Å². The quantitative estimate of drug-likeness (QED) is 0.784. The predicted octanol–water partition coefficient (Wildman–Crippen LogP) is 1.05. The number of piperidine rings is 1. The molecule has 0 radical (unpaired) electrons. The maximum Gasteiger partial charge on any atom is 0.223 e. The van der Waals surface area contributed by atoms with Gasteiger partial charge in [0.15, 0.2) is 0 Å². The summed E-state index contributed by atoms with van der Waals surface area (Å²) in [4.78, 5) is 14.6. The van der Waals surface area contributed by atoms with E-state index in [1.807, 2.05) is 6.92 Å². The molecule has 0 unspecified atom stereocenters. The van der Waals surface area contributed by atoms with Crippen LogP contribution in [-0.4, -0.2) is 62.3 Å². The van der Waals surface area contributed by atoms with Crippen molar-refractivity contribution in [3.63, 3.8) is 0 Å². The molecule has 21 heavy (non-hydrogen) atoms. The third kappa shape index (κ3) is 5.91. The van der Waals surface area contributed by atoms with Gasteiger partial charge in [-0.05, 0) is 39.4 Å². The molecular formula is C14H29Cl2N3O2. The lowest BCUT2D eigenvalue weighted by molar-refractivity contribution is -0.127. The first-order chi connectivity index (χ1) is 9.24. The van der Waals surface area contributed by atoms with Crippen molar-refractivity contribution in [1.29, 1.82) is 0 Å². The summed E-state index contributed by atoms with van der Waals surface area (Å²) in [6.45, 7) is 9.66. The minimum absolute atomic E-state index is 0. The molecule has 2 aliphatic heterocycles. The summed E-state index contributed by atoms with van der Waals surface area (Å²) in [5.74, 6) is 0.397. The first-order valence-electron chi connectivity index (χ1n) is 7.59. The average Bonchev–Trinajstić information content (AvgIpc) is 2.82. The van der Waals surface area contributed by atoms with E-state index in [4.69, 9.17) is 4.74 Å². The van der Waals surface area contributed by atoms with Gasteiger partial charge in [-0.25, -0.2) is 0 Å². The summed E-state index contributed by atoms with van der Waals surface area (Å²) >= 11 is 0. The third-order valence-corrected chi connectivity index (χ3v) is 4.21. The Hall–Kier alpha value is -0.0700. The Kier molecular flexibility index (Phi) is 10.6. The van der Waals surface area contributed by atoms with E-state index in [9.17, 15) is 4.79 Å². The molecule has 2 N–H and O–H groups in total. The topological polar surface area (TPSA) is 53.6 Å². The third-order valence-electron chi connectivity index (χ3n) is 4.21. The number of carbonyl (C=O) groups excluding carboxylic acids is 1. The van der Waals surface area contributed by atoms with E-state index in [2.05, 4.69) is 22.5 Å². The van der Waals surface area contributed by atoms with Crippen molar-refractivity contribution in [2.24, 2.45) is 5.92 Å². The molecule has 2 aliphatic rings. The van der Waals surface area contributed by atoms with Crippen molar-refractivity contribution in [3.8, 4) is 0 Å². The van der Waals surface area contributed by atoms with Gasteiger partial charge in [-0.2, -0.15) is 0 Å². The zero-order valence-corrected chi connectivity index (χ0v) is 14.6. The highest BCUT2D eigenvalue weighted by Crippen LogP contribution is 2.16. The normalized spacial score (nSPS) is 26.8. The van der Waals surface area contributed by atoms with E-state index in [-0.39, 0.29) is 48.8 Å². The molecule has 7 heteroatoms. The van der Waals surface area contributed by atoms with Gasteiger partial charge in [-0.15, -0.1) is 24.8 Å². The van der Waals surface area contributed by atoms with Crippen molar-refractivity contribution in [1.82, 2.24) is 15.5 Å².